The third-order valence-corrected chi connectivity index (χ3v) is 3.20. The van der Waals surface area contributed by atoms with Crippen molar-refractivity contribution in [1.29, 1.82) is 0 Å². The molecule has 2 aromatic rings. The smallest absolute Gasteiger partial charge is 0.276 e. The zero-order valence-corrected chi connectivity index (χ0v) is 10.5. The molecule has 0 unspecified atom stereocenters. The Labute approximate surface area is 112 Å². The van der Waals surface area contributed by atoms with E-state index in [1.165, 1.54) is 0 Å². The van der Waals surface area contributed by atoms with Gasteiger partial charge in [-0.3, -0.25) is 9.78 Å². The normalized spacial score (nSPS) is 14.2. The van der Waals surface area contributed by atoms with Crippen LogP contribution in [0.1, 0.15) is 16.9 Å². The molecular formula is C15H15N3O. The van der Waals surface area contributed by atoms with Crippen molar-refractivity contribution in [3.63, 3.8) is 0 Å². The average molecular weight is 253 g/mol. The number of aromatic nitrogens is 1. The van der Waals surface area contributed by atoms with Crippen molar-refractivity contribution in [3.8, 4) is 0 Å². The maximum atomic E-state index is 12.6. The minimum atomic E-state index is -0.0447. The topological polar surface area (TPSA) is 45.2 Å². The quantitative estimate of drug-likeness (QED) is 0.849. The predicted molar refractivity (Wildman–Crippen MR) is 75.5 cm³/mol. The number of amides is 1. The van der Waals surface area contributed by atoms with Gasteiger partial charge in [-0.2, -0.15) is 0 Å². The van der Waals surface area contributed by atoms with Gasteiger partial charge in [0.2, 0.25) is 0 Å². The van der Waals surface area contributed by atoms with Crippen molar-refractivity contribution in [2.45, 2.75) is 6.42 Å². The minimum Gasteiger partial charge on any atom is -0.383 e. The number of nitrogens with zero attached hydrogens (tertiary/aromatic N) is 2. The van der Waals surface area contributed by atoms with Gasteiger partial charge in [0, 0.05) is 19.3 Å². The number of hydrogen-bond donors (Lipinski definition) is 1. The first-order valence-electron chi connectivity index (χ1n) is 6.42. The Morgan fingerprint density at radius 3 is 2.84 bits per heavy atom. The number of hydrogen-bond acceptors (Lipinski definition) is 3. The summed E-state index contributed by atoms with van der Waals surface area (Å²) in [5.41, 5.74) is 2.42. The van der Waals surface area contributed by atoms with Gasteiger partial charge in [0.05, 0.1) is 11.4 Å². The van der Waals surface area contributed by atoms with Crippen LogP contribution in [0.3, 0.4) is 0 Å². The number of para-hydroxylation sites is 2. The van der Waals surface area contributed by atoms with Gasteiger partial charge in [0.1, 0.15) is 5.69 Å². The Morgan fingerprint density at radius 1 is 1.16 bits per heavy atom. The number of carbonyl (C=O) groups excluding carboxylic acids is 1. The van der Waals surface area contributed by atoms with Crippen molar-refractivity contribution >= 4 is 17.3 Å². The Balaban J connectivity index is 1.99. The molecule has 1 aliphatic rings. The lowest BCUT2D eigenvalue weighted by molar-refractivity contribution is 0.0982. The van der Waals surface area contributed by atoms with E-state index in [0.29, 0.717) is 12.2 Å². The fourth-order valence-electron chi connectivity index (χ4n) is 2.28. The molecule has 2 heterocycles. The number of carbonyl (C=O) groups is 1. The highest BCUT2D eigenvalue weighted by atomic mass is 16.2. The van der Waals surface area contributed by atoms with E-state index in [1.807, 2.05) is 36.4 Å². The molecule has 96 valence electrons. The van der Waals surface area contributed by atoms with Gasteiger partial charge in [-0.25, -0.2) is 0 Å². The van der Waals surface area contributed by atoms with Crippen LogP contribution >= 0.6 is 0 Å². The molecule has 0 radical (unpaired) electrons. The highest BCUT2D eigenvalue weighted by Crippen LogP contribution is 2.28. The fraction of sp³-hybridized carbons (Fsp3) is 0.200. The molecular weight excluding hydrogens is 238 g/mol. The van der Waals surface area contributed by atoms with E-state index in [1.54, 1.807) is 17.2 Å². The van der Waals surface area contributed by atoms with E-state index in [9.17, 15) is 4.79 Å². The van der Waals surface area contributed by atoms with Crippen molar-refractivity contribution < 1.29 is 4.79 Å². The molecule has 3 rings (SSSR count). The number of nitrogens with one attached hydrogen (secondary N) is 1. The molecule has 0 saturated carbocycles. The lowest BCUT2D eigenvalue weighted by Crippen LogP contribution is -2.32. The maximum Gasteiger partial charge on any atom is 0.276 e. The van der Waals surface area contributed by atoms with Gasteiger partial charge in [-0.1, -0.05) is 18.2 Å². The van der Waals surface area contributed by atoms with Crippen molar-refractivity contribution in [3.05, 3.63) is 54.4 Å². The van der Waals surface area contributed by atoms with E-state index in [2.05, 4.69) is 10.3 Å². The third-order valence-electron chi connectivity index (χ3n) is 3.20. The molecule has 1 aliphatic heterocycles. The zero-order valence-electron chi connectivity index (χ0n) is 10.5. The molecule has 1 amide bonds. The fourth-order valence-corrected chi connectivity index (χ4v) is 2.28. The second-order valence-electron chi connectivity index (χ2n) is 4.47. The Morgan fingerprint density at radius 2 is 2.00 bits per heavy atom. The Kier molecular flexibility index (Phi) is 3.14. The summed E-state index contributed by atoms with van der Waals surface area (Å²) in [7, 11) is 0. The molecule has 0 spiro atoms. The van der Waals surface area contributed by atoms with Crippen molar-refractivity contribution in [2.75, 3.05) is 23.3 Å². The predicted octanol–water partition coefficient (Wildman–Crippen LogP) is 2.54. The van der Waals surface area contributed by atoms with Gasteiger partial charge >= 0.3 is 0 Å². The number of fused-ring (bicyclic) bond motifs is 1. The summed E-state index contributed by atoms with van der Waals surface area (Å²) in [6, 6.07) is 13.3. The zero-order chi connectivity index (χ0) is 13.1. The summed E-state index contributed by atoms with van der Waals surface area (Å²) in [4.78, 5) is 18.5. The van der Waals surface area contributed by atoms with Crippen LogP contribution in [0, 0.1) is 0 Å². The summed E-state index contributed by atoms with van der Waals surface area (Å²) in [5, 5.41) is 3.35. The van der Waals surface area contributed by atoms with Crippen LogP contribution in [-0.2, 0) is 0 Å². The van der Waals surface area contributed by atoms with Gasteiger partial charge in [0.15, 0.2) is 0 Å². The van der Waals surface area contributed by atoms with Crippen LogP contribution in [0.5, 0.6) is 0 Å². The van der Waals surface area contributed by atoms with Crippen LogP contribution in [0.2, 0.25) is 0 Å². The van der Waals surface area contributed by atoms with Gasteiger partial charge in [-0.05, 0) is 30.7 Å². The molecule has 1 aromatic heterocycles. The molecule has 1 aromatic carbocycles. The van der Waals surface area contributed by atoms with Crippen molar-refractivity contribution in [2.24, 2.45) is 0 Å². The first-order valence-corrected chi connectivity index (χ1v) is 6.42. The first-order chi connectivity index (χ1) is 9.36. The summed E-state index contributed by atoms with van der Waals surface area (Å²) < 4.78 is 0. The summed E-state index contributed by atoms with van der Waals surface area (Å²) in [5.74, 6) is -0.0447. The van der Waals surface area contributed by atoms with Gasteiger partial charge in [-0.15, -0.1) is 0 Å². The third kappa shape index (κ3) is 2.29. The van der Waals surface area contributed by atoms with Crippen LogP contribution in [-0.4, -0.2) is 24.0 Å². The van der Waals surface area contributed by atoms with Gasteiger partial charge < -0.3 is 10.2 Å². The summed E-state index contributed by atoms with van der Waals surface area (Å²) >= 11 is 0. The van der Waals surface area contributed by atoms with E-state index in [4.69, 9.17) is 0 Å². The van der Waals surface area contributed by atoms with E-state index in [0.717, 1.165) is 24.3 Å². The summed E-state index contributed by atoms with van der Waals surface area (Å²) in [6.45, 7) is 1.59. The minimum absolute atomic E-state index is 0.0447. The molecule has 0 fully saturated rings. The maximum absolute atomic E-state index is 12.6. The number of rotatable bonds is 1. The monoisotopic (exact) mass is 253 g/mol. The van der Waals surface area contributed by atoms with E-state index in [-0.39, 0.29) is 5.91 Å². The largest absolute Gasteiger partial charge is 0.383 e. The van der Waals surface area contributed by atoms with Crippen LogP contribution in [0.25, 0.3) is 0 Å². The number of anilines is 2. The molecule has 4 nitrogen and oxygen atoms in total. The highest BCUT2D eigenvalue weighted by Gasteiger charge is 2.22. The van der Waals surface area contributed by atoms with Crippen LogP contribution < -0.4 is 10.2 Å². The number of benzene rings is 1. The lowest BCUT2D eigenvalue weighted by Gasteiger charge is -2.21. The second kappa shape index (κ2) is 5.10. The molecule has 0 bridgehead atoms. The molecule has 1 N–H and O–H groups in total. The first kappa shape index (κ1) is 11.7. The Hall–Kier alpha value is -2.36. The van der Waals surface area contributed by atoms with E-state index < -0.39 is 0 Å². The lowest BCUT2D eigenvalue weighted by atomic mass is 10.2. The standard InChI is InChI=1S/C15H15N3O/c19-15(13-7-3-4-9-17-13)18-11-5-10-16-12-6-1-2-8-14(12)18/h1-4,6-9,16H,5,10-11H2. The SMILES string of the molecule is O=C(c1ccccn1)N1CCCNc2ccccc21. The molecule has 4 heteroatoms. The van der Waals surface area contributed by atoms with Crippen LogP contribution in [0.4, 0.5) is 11.4 Å². The van der Waals surface area contributed by atoms with E-state index >= 15 is 0 Å². The molecule has 0 aliphatic carbocycles. The number of pyridine rings is 1. The molecule has 0 saturated heterocycles. The highest BCUT2D eigenvalue weighted by molar-refractivity contribution is 6.06. The van der Waals surface area contributed by atoms with Crippen LogP contribution in [0.15, 0.2) is 48.7 Å². The molecule has 0 atom stereocenters. The van der Waals surface area contributed by atoms with Crippen molar-refractivity contribution in [1.82, 2.24) is 4.98 Å². The average Bonchev–Trinajstić information content (AvgIpc) is 2.70. The summed E-state index contributed by atoms with van der Waals surface area (Å²) in [6.07, 6.45) is 2.57. The van der Waals surface area contributed by atoms with Gasteiger partial charge in [0.25, 0.3) is 5.91 Å². The Bertz CT molecular complexity index is 583. The molecule has 19 heavy (non-hydrogen) atoms. The second-order valence-corrected chi connectivity index (χ2v) is 4.47.